The van der Waals surface area contributed by atoms with Crippen molar-refractivity contribution in [2.45, 2.75) is 86.5 Å². The molecule has 1 fully saturated rings. The third kappa shape index (κ3) is 2.43. The van der Waals surface area contributed by atoms with Crippen LogP contribution in [0.1, 0.15) is 69.2 Å². The third-order valence-corrected chi connectivity index (χ3v) is 5.70. The second kappa shape index (κ2) is 5.28. The lowest BCUT2D eigenvalue weighted by Gasteiger charge is -2.43. The lowest BCUT2D eigenvalue weighted by atomic mass is 9.59. The first-order chi connectivity index (χ1) is 10.6. The van der Waals surface area contributed by atoms with E-state index in [-0.39, 0.29) is 17.1 Å². The molecule has 3 heteroatoms. The highest BCUT2D eigenvalue weighted by atomic mass is 16.6. The number of Topliss-reactive ketones (excluding diaryl/α,β-unsaturated/α-hetero) is 1. The van der Waals surface area contributed by atoms with Gasteiger partial charge in [-0.05, 0) is 36.8 Å². The molecule has 2 rings (SSSR count). The lowest BCUT2D eigenvalue weighted by molar-refractivity contribution is -0.149. The smallest absolute Gasteiger partial charge is 0.197 e. The van der Waals surface area contributed by atoms with Gasteiger partial charge in [0.1, 0.15) is 11.7 Å². The highest BCUT2D eigenvalue weighted by Crippen LogP contribution is 2.62. The molecule has 24 heavy (non-hydrogen) atoms. The Bertz CT molecular complexity index is 620. The van der Waals surface area contributed by atoms with Crippen LogP contribution >= 0.6 is 0 Å². The first kappa shape index (κ1) is 19.4. The van der Waals surface area contributed by atoms with Crippen molar-refractivity contribution >= 4 is 5.78 Å². The summed E-state index contributed by atoms with van der Waals surface area (Å²) in [5.41, 5.74) is -0.124. The second-order valence-electron chi connectivity index (χ2n) is 10.0. The van der Waals surface area contributed by atoms with Gasteiger partial charge < -0.3 is 9.84 Å². The van der Waals surface area contributed by atoms with Crippen molar-refractivity contribution in [1.82, 2.24) is 0 Å². The molecule has 0 saturated carbocycles. The Morgan fingerprint density at radius 2 is 1.62 bits per heavy atom. The molecule has 0 spiro atoms. The van der Waals surface area contributed by atoms with Crippen LogP contribution in [0.3, 0.4) is 0 Å². The number of hydrogen-bond acceptors (Lipinski definition) is 3. The Labute approximate surface area is 147 Å². The highest BCUT2D eigenvalue weighted by molar-refractivity contribution is 6.08. The molecule has 1 saturated heterocycles. The molecular weight excluding hydrogens is 300 g/mol. The number of ketones is 1. The van der Waals surface area contributed by atoms with E-state index in [1.54, 1.807) is 0 Å². The average molecular weight is 335 g/mol. The average Bonchev–Trinajstić information content (AvgIpc) is 3.09. The maximum Gasteiger partial charge on any atom is 0.197 e. The maximum absolute atomic E-state index is 13.4. The van der Waals surface area contributed by atoms with E-state index in [1.807, 2.05) is 40.7 Å². The number of carbonyl (C=O) groups excluding carboxylic acids is 1. The molecule has 3 nitrogen and oxygen atoms in total. The van der Waals surface area contributed by atoms with Gasteiger partial charge in [-0.3, -0.25) is 4.79 Å². The topological polar surface area (TPSA) is 49.8 Å². The van der Waals surface area contributed by atoms with Gasteiger partial charge in [0.2, 0.25) is 0 Å². The molecule has 0 aromatic carbocycles. The molecule has 0 aromatic heterocycles. The fourth-order valence-corrected chi connectivity index (χ4v) is 4.15. The standard InChI is InChI=1S/C21H34O3/c1-12(2)15(13(3)4)14-11-20(18(5,6)7)17(24-20)21(23,16(14)22)19(8,9)10/h11-12,17,23H,1-10H3. The van der Waals surface area contributed by atoms with E-state index in [2.05, 4.69) is 34.6 Å². The first-order valence-electron chi connectivity index (χ1n) is 8.97. The zero-order valence-corrected chi connectivity index (χ0v) is 17.0. The van der Waals surface area contributed by atoms with Crippen LogP contribution in [0.4, 0.5) is 0 Å². The first-order valence-corrected chi connectivity index (χ1v) is 8.97. The van der Waals surface area contributed by atoms with E-state index < -0.39 is 22.7 Å². The van der Waals surface area contributed by atoms with Gasteiger partial charge in [0.25, 0.3) is 0 Å². The Kier molecular flexibility index (Phi) is 4.27. The molecule has 1 aliphatic heterocycles. The van der Waals surface area contributed by atoms with Crippen LogP contribution in [0.2, 0.25) is 0 Å². The van der Waals surface area contributed by atoms with E-state index in [1.165, 1.54) is 0 Å². The quantitative estimate of drug-likeness (QED) is 0.759. The maximum atomic E-state index is 13.4. The summed E-state index contributed by atoms with van der Waals surface area (Å²) in [5.74, 6) is 0.0176. The summed E-state index contributed by atoms with van der Waals surface area (Å²) >= 11 is 0. The highest BCUT2D eigenvalue weighted by Gasteiger charge is 2.76. The molecule has 3 atom stereocenters. The van der Waals surface area contributed by atoms with Crippen LogP contribution in [0.5, 0.6) is 0 Å². The van der Waals surface area contributed by atoms with E-state index in [9.17, 15) is 9.90 Å². The molecule has 136 valence electrons. The lowest BCUT2D eigenvalue weighted by Crippen LogP contribution is -2.60. The number of aliphatic hydroxyl groups is 1. The summed E-state index contributed by atoms with van der Waals surface area (Å²) in [4.78, 5) is 13.4. The van der Waals surface area contributed by atoms with Crippen molar-refractivity contribution < 1.29 is 14.6 Å². The predicted octanol–water partition coefficient (Wildman–Crippen LogP) is 4.45. The second-order valence-corrected chi connectivity index (χ2v) is 10.0. The summed E-state index contributed by atoms with van der Waals surface area (Å²) in [6.07, 6.45) is 1.52. The Balaban J connectivity index is 2.77. The molecule has 0 radical (unpaired) electrons. The molecule has 1 aliphatic carbocycles. The van der Waals surface area contributed by atoms with Gasteiger partial charge in [0.05, 0.1) is 0 Å². The number of fused-ring (bicyclic) bond motifs is 1. The SMILES string of the molecule is CC(C)=C(C1=CC2(C(C)(C)C)OC2C(O)(C(C)(C)C)C1=O)C(C)C. The number of allylic oxidation sites excluding steroid dienone is 2. The largest absolute Gasteiger partial charge is 0.378 e. The van der Waals surface area contributed by atoms with Crippen LogP contribution in [-0.4, -0.2) is 28.2 Å². The van der Waals surface area contributed by atoms with E-state index >= 15 is 0 Å². The van der Waals surface area contributed by atoms with Crippen molar-refractivity contribution in [3.8, 4) is 0 Å². The zero-order valence-electron chi connectivity index (χ0n) is 17.0. The summed E-state index contributed by atoms with van der Waals surface area (Å²) in [5, 5.41) is 11.6. The Morgan fingerprint density at radius 1 is 1.12 bits per heavy atom. The van der Waals surface area contributed by atoms with Crippen molar-refractivity contribution in [2.75, 3.05) is 0 Å². The number of rotatable bonds is 2. The van der Waals surface area contributed by atoms with Crippen molar-refractivity contribution in [3.63, 3.8) is 0 Å². The predicted molar refractivity (Wildman–Crippen MR) is 97.8 cm³/mol. The molecule has 3 unspecified atom stereocenters. The van der Waals surface area contributed by atoms with E-state index in [0.717, 1.165) is 11.1 Å². The van der Waals surface area contributed by atoms with Crippen LogP contribution in [0.25, 0.3) is 0 Å². The van der Waals surface area contributed by atoms with E-state index in [0.29, 0.717) is 5.57 Å². The molecule has 2 aliphatic rings. The van der Waals surface area contributed by atoms with Gasteiger partial charge >= 0.3 is 0 Å². The molecule has 0 aromatic rings. The summed E-state index contributed by atoms with van der Waals surface area (Å²) < 4.78 is 6.11. The van der Waals surface area contributed by atoms with Gasteiger partial charge in [-0.2, -0.15) is 0 Å². The minimum Gasteiger partial charge on any atom is -0.378 e. The van der Waals surface area contributed by atoms with Gasteiger partial charge in [-0.25, -0.2) is 0 Å². The molecular formula is C21H34O3. The van der Waals surface area contributed by atoms with Crippen LogP contribution in [0, 0.1) is 16.7 Å². The van der Waals surface area contributed by atoms with Gasteiger partial charge in [0, 0.05) is 11.0 Å². The third-order valence-electron chi connectivity index (χ3n) is 5.70. The Hall–Kier alpha value is -0.930. The zero-order chi connectivity index (χ0) is 18.9. The normalized spacial score (nSPS) is 33.2. The molecule has 1 N–H and O–H groups in total. The van der Waals surface area contributed by atoms with Crippen LogP contribution < -0.4 is 0 Å². The minimum absolute atomic E-state index is 0.192. The summed E-state index contributed by atoms with van der Waals surface area (Å²) in [6, 6.07) is 0. The number of carbonyl (C=O) groups is 1. The van der Waals surface area contributed by atoms with Gasteiger partial charge in [-0.1, -0.05) is 61.0 Å². The fraction of sp³-hybridized carbons (Fsp3) is 0.762. The van der Waals surface area contributed by atoms with Crippen LogP contribution in [-0.2, 0) is 9.53 Å². The van der Waals surface area contributed by atoms with Gasteiger partial charge in [-0.15, -0.1) is 0 Å². The summed E-state index contributed by atoms with van der Waals surface area (Å²) in [7, 11) is 0. The Morgan fingerprint density at radius 3 is 1.96 bits per heavy atom. The number of ether oxygens (including phenoxy) is 1. The van der Waals surface area contributed by atoms with E-state index in [4.69, 9.17) is 4.74 Å². The fourth-order valence-electron chi connectivity index (χ4n) is 4.15. The van der Waals surface area contributed by atoms with Crippen molar-refractivity contribution in [1.29, 1.82) is 0 Å². The summed E-state index contributed by atoms with van der Waals surface area (Å²) in [6.45, 7) is 20.3. The molecule has 0 bridgehead atoms. The van der Waals surface area contributed by atoms with Gasteiger partial charge in [0.15, 0.2) is 11.4 Å². The van der Waals surface area contributed by atoms with Crippen molar-refractivity contribution in [3.05, 3.63) is 22.8 Å². The molecule has 0 amide bonds. The number of hydrogen-bond donors (Lipinski definition) is 1. The monoisotopic (exact) mass is 334 g/mol. The van der Waals surface area contributed by atoms with Crippen LogP contribution in [0.15, 0.2) is 22.8 Å². The minimum atomic E-state index is -1.51. The number of epoxide rings is 1. The molecule has 1 heterocycles. The van der Waals surface area contributed by atoms with Crippen molar-refractivity contribution in [2.24, 2.45) is 16.7 Å².